The third kappa shape index (κ3) is 2.94. The van der Waals surface area contributed by atoms with Crippen LogP contribution in [0.25, 0.3) is 0 Å². The maximum Gasteiger partial charge on any atom is 0.327 e. The fraction of sp³-hybridized carbons (Fsp3) is 0.375. The van der Waals surface area contributed by atoms with Crippen LogP contribution in [0.1, 0.15) is 36.1 Å². The Morgan fingerprint density at radius 1 is 1.52 bits per heavy atom. The minimum absolute atomic E-state index is 0.0238. The molecule has 3 heterocycles. The highest BCUT2D eigenvalue weighted by Gasteiger charge is 2.32. The second-order valence-electron chi connectivity index (χ2n) is 5.40. The average molecular weight is 314 g/mol. The number of carbonyl (C=O) groups excluding carboxylic acids is 2. The van der Waals surface area contributed by atoms with Crippen molar-refractivity contribution in [3.63, 3.8) is 0 Å². The van der Waals surface area contributed by atoms with Crippen molar-refractivity contribution in [1.29, 1.82) is 0 Å². The van der Waals surface area contributed by atoms with E-state index in [2.05, 4.69) is 15.4 Å². The lowest BCUT2D eigenvalue weighted by molar-refractivity contribution is -0.144. The molecule has 0 aromatic carbocycles. The lowest BCUT2D eigenvalue weighted by atomic mass is 9.87. The summed E-state index contributed by atoms with van der Waals surface area (Å²) in [6.45, 7) is 3.92. The number of anilines is 1. The fourth-order valence-electron chi connectivity index (χ4n) is 2.92. The molecule has 1 aliphatic heterocycles. The third-order valence-corrected chi connectivity index (χ3v) is 3.84. The largest absolute Gasteiger partial charge is 0.465 e. The number of aromatic nitrogens is 3. The molecule has 0 spiro atoms. The first-order valence-electron chi connectivity index (χ1n) is 7.52. The van der Waals surface area contributed by atoms with Crippen LogP contribution in [-0.4, -0.2) is 33.2 Å². The van der Waals surface area contributed by atoms with E-state index in [0.29, 0.717) is 18.8 Å². The SMILES string of the molecule is CCOC(=O)Cn1nc(C)c2c1NC(=O)CC2c1cccnc1. The zero-order valence-electron chi connectivity index (χ0n) is 13.1. The normalized spacial score (nSPS) is 16.6. The molecule has 0 saturated carbocycles. The minimum Gasteiger partial charge on any atom is -0.465 e. The van der Waals surface area contributed by atoms with Gasteiger partial charge in [-0.2, -0.15) is 5.10 Å². The number of fused-ring (bicyclic) bond motifs is 1. The van der Waals surface area contributed by atoms with Crippen LogP contribution in [0.4, 0.5) is 5.82 Å². The Morgan fingerprint density at radius 2 is 2.35 bits per heavy atom. The van der Waals surface area contributed by atoms with Gasteiger partial charge in [0.2, 0.25) is 5.91 Å². The van der Waals surface area contributed by atoms with Crippen LogP contribution in [0.2, 0.25) is 0 Å². The summed E-state index contributed by atoms with van der Waals surface area (Å²) in [5.74, 6) is -0.0176. The molecule has 1 aliphatic rings. The van der Waals surface area contributed by atoms with Crippen LogP contribution < -0.4 is 5.32 Å². The summed E-state index contributed by atoms with van der Waals surface area (Å²) >= 11 is 0. The quantitative estimate of drug-likeness (QED) is 0.867. The third-order valence-electron chi connectivity index (χ3n) is 3.84. The van der Waals surface area contributed by atoms with Crippen LogP contribution in [0.5, 0.6) is 0 Å². The summed E-state index contributed by atoms with van der Waals surface area (Å²) in [5.41, 5.74) is 2.68. The van der Waals surface area contributed by atoms with Gasteiger partial charge in [-0.3, -0.25) is 14.6 Å². The zero-order chi connectivity index (χ0) is 16.4. The molecule has 0 bridgehead atoms. The highest BCUT2D eigenvalue weighted by Crippen LogP contribution is 2.38. The summed E-state index contributed by atoms with van der Waals surface area (Å²) in [6.07, 6.45) is 3.80. The second kappa shape index (κ2) is 6.20. The van der Waals surface area contributed by atoms with Crippen molar-refractivity contribution in [2.24, 2.45) is 0 Å². The lowest BCUT2D eigenvalue weighted by Crippen LogP contribution is -2.26. The number of pyridine rings is 1. The van der Waals surface area contributed by atoms with Crippen molar-refractivity contribution in [2.75, 3.05) is 11.9 Å². The Bertz CT molecular complexity index is 739. The maximum atomic E-state index is 12.1. The molecule has 0 fully saturated rings. The first-order valence-corrected chi connectivity index (χ1v) is 7.52. The average Bonchev–Trinajstić information content (AvgIpc) is 2.83. The van der Waals surface area contributed by atoms with Gasteiger partial charge in [-0.05, 0) is 25.5 Å². The molecular weight excluding hydrogens is 296 g/mol. The van der Waals surface area contributed by atoms with E-state index >= 15 is 0 Å². The number of nitrogens with zero attached hydrogens (tertiary/aromatic N) is 3. The van der Waals surface area contributed by atoms with E-state index in [1.807, 2.05) is 19.1 Å². The minimum atomic E-state index is -0.379. The van der Waals surface area contributed by atoms with Crippen LogP contribution in [0.15, 0.2) is 24.5 Å². The molecule has 1 atom stereocenters. The second-order valence-corrected chi connectivity index (χ2v) is 5.40. The molecular formula is C16H18N4O3. The number of esters is 1. The van der Waals surface area contributed by atoms with E-state index in [1.165, 1.54) is 4.68 Å². The number of ether oxygens (including phenoxy) is 1. The van der Waals surface area contributed by atoms with E-state index in [0.717, 1.165) is 16.8 Å². The van der Waals surface area contributed by atoms with Gasteiger partial charge in [0.1, 0.15) is 12.4 Å². The fourth-order valence-corrected chi connectivity index (χ4v) is 2.92. The molecule has 0 saturated heterocycles. The lowest BCUT2D eigenvalue weighted by Gasteiger charge is -2.24. The topological polar surface area (TPSA) is 86.1 Å². The molecule has 120 valence electrons. The first kappa shape index (κ1) is 15.2. The van der Waals surface area contributed by atoms with E-state index in [1.54, 1.807) is 19.3 Å². The summed E-state index contributed by atoms with van der Waals surface area (Å²) in [5, 5.41) is 7.24. The van der Waals surface area contributed by atoms with Gasteiger partial charge in [-0.25, -0.2) is 4.68 Å². The molecule has 1 unspecified atom stereocenters. The molecule has 1 amide bonds. The summed E-state index contributed by atoms with van der Waals surface area (Å²) < 4.78 is 6.46. The van der Waals surface area contributed by atoms with Gasteiger partial charge in [0.05, 0.1) is 12.3 Å². The highest BCUT2D eigenvalue weighted by molar-refractivity contribution is 5.94. The molecule has 2 aromatic rings. The van der Waals surface area contributed by atoms with Crippen LogP contribution in [0, 0.1) is 6.92 Å². The van der Waals surface area contributed by atoms with Crippen molar-refractivity contribution in [2.45, 2.75) is 32.7 Å². The summed E-state index contributed by atoms with van der Waals surface area (Å²) in [6, 6.07) is 3.79. The van der Waals surface area contributed by atoms with E-state index in [4.69, 9.17) is 4.74 Å². The van der Waals surface area contributed by atoms with Gasteiger partial charge in [0.15, 0.2) is 0 Å². The first-order chi connectivity index (χ1) is 11.1. The predicted octanol–water partition coefficient (Wildman–Crippen LogP) is 1.62. The monoisotopic (exact) mass is 314 g/mol. The number of carbonyl (C=O) groups is 2. The number of amides is 1. The molecule has 3 rings (SSSR count). The van der Waals surface area contributed by atoms with E-state index < -0.39 is 0 Å². The van der Waals surface area contributed by atoms with Gasteiger partial charge < -0.3 is 10.1 Å². The van der Waals surface area contributed by atoms with Gasteiger partial charge in [0, 0.05) is 30.3 Å². The summed E-state index contributed by atoms with van der Waals surface area (Å²) in [7, 11) is 0. The smallest absolute Gasteiger partial charge is 0.327 e. The van der Waals surface area contributed by atoms with Crippen LogP contribution >= 0.6 is 0 Å². The Kier molecular flexibility index (Phi) is 4.10. The highest BCUT2D eigenvalue weighted by atomic mass is 16.5. The molecule has 7 nitrogen and oxygen atoms in total. The number of rotatable bonds is 4. The number of hydrogen-bond acceptors (Lipinski definition) is 5. The van der Waals surface area contributed by atoms with Crippen LogP contribution in [-0.2, 0) is 20.9 Å². The molecule has 1 N–H and O–H groups in total. The molecule has 7 heteroatoms. The Labute approximate surface area is 133 Å². The van der Waals surface area contributed by atoms with E-state index in [9.17, 15) is 9.59 Å². The number of hydrogen-bond donors (Lipinski definition) is 1. The molecule has 0 radical (unpaired) electrons. The van der Waals surface area contributed by atoms with Crippen molar-refractivity contribution in [3.05, 3.63) is 41.3 Å². The van der Waals surface area contributed by atoms with Gasteiger partial charge >= 0.3 is 5.97 Å². The molecule has 0 aliphatic carbocycles. The number of aryl methyl sites for hydroxylation is 1. The Balaban J connectivity index is 2.00. The van der Waals surface area contributed by atoms with Crippen molar-refractivity contribution in [1.82, 2.24) is 14.8 Å². The van der Waals surface area contributed by atoms with Crippen molar-refractivity contribution >= 4 is 17.7 Å². The van der Waals surface area contributed by atoms with Crippen molar-refractivity contribution < 1.29 is 14.3 Å². The van der Waals surface area contributed by atoms with Gasteiger partial charge in [0.25, 0.3) is 0 Å². The molecule has 2 aromatic heterocycles. The number of nitrogens with one attached hydrogen (secondary N) is 1. The Morgan fingerprint density at radius 3 is 3.04 bits per heavy atom. The van der Waals surface area contributed by atoms with Gasteiger partial charge in [-0.1, -0.05) is 6.07 Å². The van der Waals surface area contributed by atoms with Gasteiger partial charge in [-0.15, -0.1) is 0 Å². The maximum absolute atomic E-state index is 12.1. The predicted molar refractivity (Wildman–Crippen MR) is 82.9 cm³/mol. The molecule has 23 heavy (non-hydrogen) atoms. The van der Waals surface area contributed by atoms with Crippen LogP contribution in [0.3, 0.4) is 0 Å². The van der Waals surface area contributed by atoms with E-state index in [-0.39, 0.29) is 24.3 Å². The Hall–Kier alpha value is -2.70. The summed E-state index contributed by atoms with van der Waals surface area (Å²) in [4.78, 5) is 28.0. The van der Waals surface area contributed by atoms with Crippen molar-refractivity contribution in [3.8, 4) is 0 Å². The zero-order valence-corrected chi connectivity index (χ0v) is 13.1. The standard InChI is InChI=1S/C16H18N4O3/c1-3-23-14(22)9-20-16-15(10(2)19-20)12(7-13(21)18-16)11-5-4-6-17-8-11/h4-6,8,12H,3,7,9H2,1-2H3,(H,18,21).